The molecule has 0 spiro atoms. The van der Waals surface area contributed by atoms with Gasteiger partial charge in [-0.15, -0.1) is 0 Å². The van der Waals surface area contributed by atoms with Crippen LogP contribution in [0.25, 0.3) is 0 Å². The molecule has 1 fully saturated rings. The molecule has 1 saturated heterocycles. The number of amides is 2. The number of rotatable bonds is 4. The number of hydrogen-bond donors (Lipinski definition) is 3. The topological polar surface area (TPSA) is 111 Å². The quantitative estimate of drug-likeness (QED) is 0.668. The monoisotopic (exact) mass is 410 g/mol. The minimum atomic E-state index is -3.79. The van der Waals surface area contributed by atoms with E-state index in [1.165, 1.54) is 22.5 Å². The zero-order valence-corrected chi connectivity index (χ0v) is 15.9. The smallest absolute Gasteiger partial charge is 0.286 e. The summed E-state index contributed by atoms with van der Waals surface area (Å²) in [5, 5.41) is 0.0487. The lowest BCUT2D eigenvalue weighted by Crippen LogP contribution is -2.42. The van der Waals surface area contributed by atoms with Gasteiger partial charge in [-0.1, -0.05) is 18.0 Å². The Morgan fingerprint density at radius 1 is 1.04 bits per heavy atom. The second kappa shape index (κ2) is 8.12. The largest absolute Gasteiger partial charge is 0.357 e. The Kier molecular flexibility index (Phi) is 5.83. The second-order valence-electron chi connectivity index (χ2n) is 6.10. The Hall–Kier alpha value is -2.36. The Morgan fingerprint density at radius 3 is 2.41 bits per heavy atom. The van der Waals surface area contributed by atoms with E-state index in [-0.39, 0.29) is 21.2 Å². The molecule has 1 aliphatic rings. The summed E-state index contributed by atoms with van der Waals surface area (Å²) >= 11 is 6.09. The third-order valence-corrected chi connectivity index (χ3v) is 6.64. The first-order valence-corrected chi connectivity index (χ1v) is 10.2. The van der Waals surface area contributed by atoms with Crippen LogP contribution in [0.5, 0.6) is 0 Å². The van der Waals surface area contributed by atoms with Gasteiger partial charge >= 0.3 is 0 Å². The molecule has 27 heavy (non-hydrogen) atoms. The number of H-pyrrole nitrogens is 1. The minimum Gasteiger partial charge on any atom is -0.357 e. The molecule has 144 valence electrons. The molecule has 10 heteroatoms. The number of hydrogen-bond acceptors (Lipinski definition) is 4. The average Bonchev–Trinajstić information content (AvgIpc) is 3.21. The van der Waals surface area contributed by atoms with Gasteiger partial charge < -0.3 is 4.98 Å². The maximum absolute atomic E-state index is 12.8. The van der Waals surface area contributed by atoms with Crippen LogP contribution in [0.4, 0.5) is 0 Å². The van der Waals surface area contributed by atoms with E-state index in [4.69, 9.17) is 11.6 Å². The van der Waals surface area contributed by atoms with Gasteiger partial charge in [0.1, 0.15) is 10.6 Å². The van der Waals surface area contributed by atoms with Gasteiger partial charge in [0.25, 0.3) is 11.8 Å². The number of halogens is 1. The van der Waals surface area contributed by atoms with Crippen LogP contribution in [0.15, 0.2) is 41.4 Å². The number of carbonyl (C=O) groups excluding carboxylic acids is 2. The lowest BCUT2D eigenvalue weighted by molar-refractivity contribution is 0.0844. The number of aromatic nitrogens is 1. The van der Waals surface area contributed by atoms with Crippen LogP contribution in [0.3, 0.4) is 0 Å². The van der Waals surface area contributed by atoms with E-state index >= 15 is 0 Å². The lowest BCUT2D eigenvalue weighted by atomic mass is 10.2. The molecular formula is C17H19ClN4O4S. The number of hydrazine groups is 1. The van der Waals surface area contributed by atoms with Crippen LogP contribution in [-0.2, 0) is 10.0 Å². The van der Waals surface area contributed by atoms with E-state index < -0.39 is 21.8 Å². The van der Waals surface area contributed by atoms with E-state index in [0.29, 0.717) is 13.1 Å². The predicted molar refractivity (Wildman–Crippen MR) is 99.8 cm³/mol. The van der Waals surface area contributed by atoms with Gasteiger partial charge in [-0.2, -0.15) is 4.31 Å². The van der Waals surface area contributed by atoms with Crippen molar-refractivity contribution in [3.8, 4) is 0 Å². The van der Waals surface area contributed by atoms with Crippen molar-refractivity contribution >= 4 is 33.4 Å². The highest BCUT2D eigenvalue weighted by Crippen LogP contribution is 2.27. The second-order valence-corrected chi connectivity index (χ2v) is 8.42. The van der Waals surface area contributed by atoms with Crippen LogP contribution < -0.4 is 10.9 Å². The molecule has 1 aromatic carbocycles. The van der Waals surface area contributed by atoms with Crippen LogP contribution in [0, 0.1) is 0 Å². The fraction of sp³-hybridized carbons (Fsp3) is 0.294. The summed E-state index contributed by atoms with van der Waals surface area (Å²) < 4.78 is 27.1. The van der Waals surface area contributed by atoms with Gasteiger partial charge in [-0.25, -0.2) is 8.42 Å². The van der Waals surface area contributed by atoms with E-state index in [9.17, 15) is 18.0 Å². The maximum Gasteiger partial charge on any atom is 0.286 e. The van der Waals surface area contributed by atoms with Crippen molar-refractivity contribution in [3.05, 3.63) is 52.8 Å². The van der Waals surface area contributed by atoms with Crippen LogP contribution in [0.2, 0.25) is 5.02 Å². The average molecular weight is 411 g/mol. The molecule has 1 aliphatic heterocycles. The normalized spacial score (nSPS) is 15.3. The summed E-state index contributed by atoms with van der Waals surface area (Å²) in [6, 6.07) is 7.18. The van der Waals surface area contributed by atoms with Gasteiger partial charge in [0, 0.05) is 24.8 Å². The van der Waals surface area contributed by atoms with Crippen molar-refractivity contribution in [2.75, 3.05) is 13.1 Å². The molecule has 0 unspecified atom stereocenters. The van der Waals surface area contributed by atoms with Gasteiger partial charge in [0.2, 0.25) is 10.0 Å². The zero-order valence-electron chi connectivity index (χ0n) is 14.4. The molecule has 2 heterocycles. The number of benzene rings is 1. The zero-order chi connectivity index (χ0) is 19.4. The summed E-state index contributed by atoms with van der Waals surface area (Å²) in [5.74, 6) is -1.18. The van der Waals surface area contributed by atoms with Crippen molar-refractivity contribution < 1.29 is 18.0 Å². The van der Waals surface area contributed by atoms with E-state index in [0.717, 1.165) is 19.3 Å². The van der Waals surface area contributed by atoms with Crippen molar-refractivity contribution in [3.63, 3.8) is 0 Å². The van der Waals surface area contributed by atoms with Gasteiger partial charge in [0.15, 0.2) is 0 Å². The van der Waals surface area contributed by atoms with E-state index in [2.05, 4.69) is 15.8 Å². The third-order valence-electron chi connectivity index (χ3n) is 4.26. The highest BCUT2D eigenvalue weighted by molar-refractivity contribution is 7.89. The number of piperidine rings is 1. The molecule has 0 saturated carbocycles. The summed E-state index contributed by atoms with van der Waals surface area (Å²) in [5.41, 5.74) is 4.86. The first-order valence-electron chi connectivity index (χ1n) is 8.43. The molecule has 2 aromatic rings. The first kappa shape index (κ1) is 19.4. The molecule has 3 N–H and O–H groups in total. The Labute approximate surface area is 161 Å². The van der Waals surface area contributed by atoms with Crippen molar-refractivity contribution in [2.24, 2.45) is 0 Å². The fourth-order valence-corrected chi connectivity index (χ4v) is 4.83. The molecule has 0 aliphatic carbocycles. The standard InChI is InChI=1S/C17H19ClN4O4S/c18-13-7-6-12(16(23)20-21-17(24)14-5-4-8-19-14)11-15(13)27(25,26)22-9-2-1-3-10-22/h4-8,11,19H,1-3,9-10H2,(H,20,23)(H,21,24). The number of aromatic amines is 1. The fourth-order valence-electron chi connectivity index (χ4n) is 2.81. The molecule has 0 radical (unpaired) electrons. The maximum atomic E-state index is 12.8. The molecule has 3 rings (SSSR count). The van der Waals surface area contributed by atoms with Crippen molar-refractivity contribution in [2.45, 2.75) is 24.2 Å². The number of nitrogens with one attached hydrogen (secondary N) is 3. The molecule has 1 aromatic heterocycles. The Bertz CT molecular complexity index is 938. The van der Waals surface area contributed by atoms with Gasteiger partial charge in [-0.05, 0) is 43.2 Å². The SMILES string of the molecule is O=C(NNC(=O)c1ccc[nH]1)c1ccc(Cl)c(S(=O)(=O)N2CCCCC2)c1. The Balaban J connectivity index is 1.76. The molecule has 0 atom stereocenters. The van der Waals surface area contributed by atoms with Crippen LogP contribution in [0.1, 0.15) is 40.1 Å². The van der Waals surface area contributed by atoms with E-state index in [1.54, 1.807) is 18.3 Å². The number of carbonyl (C=O) groups is 2. The lowest BCUT2D eigenvalue weighted by Gasteiger charge is -2.26. The summed E-state index contributed by atoms with van der Waals surface area (Å²) in [7, 11) is -3.79. The molecular weight excluding hydrogens is 392 g/mol. The molecule has 2 amide bonds. The van der Waals surface area contributed by atoms with Gasteiger partial charge in [-0.3, -0.25) is 20.4 Å². The molecule has 0 bridgehead atoms. The van der Waals surface area contributed by atoms with Crippen LogP contribution in [-0.4, -0.2) is 42.6 Å². The Morgan fingerprint density at radius 2 is 1.74 bits per heavy atom. The highest BCUT2D eigenvalue weighted by Gasteiger charge is 2.28. The first-order chi connectivity index (χ1) is 12.9. The minimum absolute atomic E-state index is 0.0487. The summed E-state index contributed by atoms with van der Waals surface area (Å²) in [6.45, 7) is 0.864. The summed E-state index contributed by atoms with van der Waals surface area (Å²) in [6.07, 6.45) is 4.15. The number of sulfonamides is 1. The highest BCUT2D eigenvalue weighted by atomic mass is 35.5. The van der Waals surface area contributed by atoms with Crippen molar-refractivity contribution in [1.29, 1.82) is 0 Å². The third kappa shape index (κ3) is 4.32. The number of nitrogens with zero attached hydrogens (tertiary/aromatic N) is 1. The van der Waals surface area contributed by atoms with Gasteiger partial charge in [0.05, 0.1) is 5.02 Å². The van der Waals surface area contributed by atoms with E-state index in [1.807, 2.05) is 0 Å². The predicted octanol–water partition coefficient (Wildman–Crippen LogP) is 1.92. The van der Waals surface area contributed by atoms with Crippen LogP contribution >= 0.6 is 11.6 Å². The van der Waals surface area contributed by atoms with Crippen molar-refractivity contribution in [1.82, 2.24) is 20.1 Å². The summed E-state index contributed by atoms with van der Waals surface area (Å²) in [4.78, 5) is 26.7. The molecule has 8 nitrogen and oxygen atoms in total.